The SMILES string of the molecule is C=C(CNC(C)(C)C)CN1CCCC2CCCCC21. The summed E-state index contributed by atoms with van der Waals surface area (Å²) in [7, 11) is 0. The van der Waals surface area contributed by atoms with Crippen molar-refractivity contribution < 1.29 is 0 Å². The van der Waals surface area contributed by atoms with Gasteiger partial charge >= 0.3 is 0 Å². The zero-order chi connectivity index (χ0) is 13.9. The second-order valence-corrected chi connectivity index (χ2v) is 7.58. The summed E-state index contributed by atoms with van der Waals surface area (Å²) in [5, 5.41) is 3.56. The molecule has 2 aliphatic rings. The van der Waals surface area contributed by atoms with Crippen molar-refractivity contribution in [2.75, 3.05) is 19.6 Å². The Bertz CT molecular complexity index is 301. The molecular weight excluding hydrogens is 232 g/mol. The molecule has 0 aromatic carbocycles. The van der Waals surface area contributed by atoms with Crippen molar-refractivity contribution in [3.05, 3.63) is 12.2 Å². The first kappa shape index (κ1) is 15.1. The molecule has 2 nitrogen and oxygen atoms in total. The molecule has 0 radical (unpaired) electrons. The van der Waals surface area contributed by atoms with E-state index in [1.807, 2.05) is 0 Å². The van der Waals surface area contributed by atoms with Crippen molar-refractivity contribution in [3.63, 3.8) is 0 Å². The van der Waals surface area contributed by atoms with Crippen LogP contribution >= 0.6 is 0 Å². The van der Waals surface area contributed by atoms with E-state index in [2.05, 4.69) is 37.6 Å². The van der Waals surface area contributed by atoms with Crippen molar-refractivity contribution in [2.24, 2.45) is 5.92 Å². The molecule has 1 aliphatic heterocycles. The number of piperidine rings is 1. The molecular formula is C17H32N2. The first-order valence-electron chi connectivity index (χ1n) is 8.11. The molecule has 2 fully saturated rings. The maximum absolute atomic E-state index is 4.29. The fourth-order valence-electron chi connectivity index (χ4n) is 3.66. The molecule has 0 spiro atoms. The minimum absolute atomic E-state index is 0.193. The van der Waals surface area contributed by atoms with E-state index in [-0.39, 0.29) is 5.54 Å². The van der Waals surface area contributed by atoms with Gasteiger partial charge in [0.25, 0.3) is 0 Å². The van der Waals surface area contributed by atoms with Gasteiger partial charge in [-0.05, 0) is 64.5 Å². The van der Waals surface area contributed by atoms with Gasteiger partial charge in [-0.25, -0.2) is 0 Å². The third-order valence-electron chi connectivity index (χ3n) is 4.65. The van der Waals surface area contributed by atoms with Crippen LogP contribution in [0.5, 0.6) is 0 Å². The molecule has 1 aliphatic carbocycles. The maximum atomic E-state index is 4.29. The molecule has 1 saturated carbocycles. The number of hydrogen-bond donors (Lipinski definition) is 1. The van der Waals surface area contributed by atoms with Crippen LogP contribution in [0.4, 0.5) is 0 Å². The molecule has 0 aromatic heterocycles. The summed E-state index contributed by atoms with van der Waals surface area (Å²) >= 11 is 0. The number of fused-ring (bicyclic) bond motifs is 1. The second kappa shape index (κ2) is 6.41. The van der Waals surface area contributed by atoms with Gasteiger partial charge in [-0.3, -0.25) is 4.90 Å². The number of hydrogen-bond acceptors (Lipinski definition) is 2. The monoisotopic (exact) mass is 264 g/mol. The van der Waals surface area contributed by atoms with Crippen LogP contribution in [0.15, 0.2) is 12.2 Å². The highest BCUT2D eigenvalue weighted by atomic mass is 15.2. The van der Waals surface area contributed by atoms with Crippen molar-refractivity contribution in [1.82, 2.24) is 10.2 Å². The van der Waals surface area contributed by atoms with Gasteiger partial charge in [0.1, 0.15) is 0 Å². The lowest BCUT2D eigenvalue weighted by molar-refractivity contribution is 0.0685. The number of likely N-dealkylation sites (tertiary alicyclic amines) is 1. The van der Waals surface area contributed by atoms with Crippen molar-refractivity contribution in [3.8, 4) is 0 Å². The summed E-state index contributed by atoms with van der Waals surface area (Å²) in [4.78, 5) is 2.72. The van der Waals surface area contributed by atoms with E-state index in [0.717, 1.165) is 25.0 Å². The lowest BCUT2D eigenvalue weighted by Gasteiger charge is -2.44. The van der Waals surface area contributed by atoms with Crippen molar-refractivity contribution in [2.45, 2.75) is 70.9 Å². The molecule has 2 rings (SSSR count). The molecule has 1 N–H and O–H groups in total. The van der Waals surface area contributed by atoms with Crippen LogP contribution in [-0.4, -0.2) is 36.1 Å². The molecule has 110 valence electrons. The van der Waals surface area contributed by atoms with E-state index < -0.39 is 0 Å². The third kappa shape index (κ3) is 4.61. The number of rotatable bonds is 4. The standard InChI is InChI=1S/C17H32N2/c1-14(12-18-17(2,3)4)13-19-11-7-9-15-8-5-6-10-16(15)19/h15-16,18H,1,5-13H2,2-4H3. The number of nitrogens with zero attached hydrogens (tertiary/aromatic N) is 1. The van der Waals surface area contributed by atoms with E-state index in [1.165, 1.54) is 50.6 Å². The van der Waals surface area contributed by atoms with E-state index in [9.17, 15) is 0 Å². The fourth-order valence-corrected chi connectivity index (χ4v) is 3.66. The summed E-state index contributed by atoms with van der Waals surface area (Å²) in [5.41, 5.74) is 1.54. The largest absolute Gasteiger partial charge is 0.308 e. The molecule has 2 heteroatoms. The Kier molecular flexibility index (Phi) is 5.08. The highest BCUT2D eigenvalue weighted by Gasteiger charge is 2.32. The molecule has 19 heavy (non-hydrogen) atoms. The Hall–Kier alpha value is -0.340. The van der Waals surface area contributed by atoms with Crippen LogP contribution in [0.25, 0.3) is 0 Å². The Morgan fingerprint density at radius 1 is 1.16 bits per heavy atom. The average Bonchev–Trinajstić information content (AvgIpc) is 2.36. The van der Waals surface area contributed by atoms with E-state index in [0.29, 0.717) is 0 Å². The smallest absolute Gasteiger partial charge is 0.0205 e. The lowest BCUT2D eigenvalue weighted by Crippen LogP contribution is -2.48. The molecule has 1 saturated heterocycles. The summed E-state index contributed by atoms with van der Waals surface area (Å²) < 4.78 is 0. The maximum Gasteiger partial charge on any atom is 0.0205 e. The Morgan fingerprint density at radius 3 is 2.58 bits per heavy atom. The normalized spacial score (nSPS) is 29.0. The predicted octanol–water partition coefficient (Wildman–Crippen LogP) is 3.59. The molecule has 0 aromatic rings. The van der Waals surface area contributed by atoms with Gasteiger partial charge in [-0.1, -0.05) is 19.4 Å². The summed E-state index contributed by atoms with van der Waals surface area (Å²) in [6.45, 7) is 14.3. The lowest BCUT2D eigenvalue weighted by atomic mass is 9.78. The summed E-state index contributed by atoms with van der Waals surface area (Å²) in [6.07, 6.45) is 8.64. The first-order valence-corrected chi connectivity index (χ1v) is 8.11. The Morgan fingerprint density at radius 2 is 1.84 bits per heavy atom. The molecule has 0 bridgehead atoms. The first-order chi connectivity index (χ1) is 8.96. The quantitative estimate of drug-likeness (QED) is 0.781. The van der Waals surface area contributed by atoms with Gasteiger partial charge in [0, 0.05) is 24.7 Å². The van der Waals surface area contributed by atoms with Crippen LogP contribution in [0.2, 0.25) is 0 Å². The van der Waals surface area contributed by atoms with Gasteiger partial charge in [0.15, 0.2) is 0 Å². The highest BCUT2D eigenvalue weighted by Crippen LogP contribution is 2.35. The minimum atomic E-state index is 0.193. The Labute approximate surface area is 119 Å². The summed E-state index contributed by atoms with van der Waals surface area (Å²) in [5.74, 6) is 0.978. The molecule has 0 amide bonds. The topological polar surface area (TPSA) is 15.3 Å². The molecule has 1 heterocycles. The average molecular weight is 264 g/mol. The second-order valence-electron chi connectivity index (χ2n) is 7.58. The zero-order valence-corrected chi connectivity index (χ0v) is 13.2. The van der Waals surface area contributed by atoms with E-state index in [4.69, 9.17) is 0 Å². The Balaban J connectivity index is 1.82. The predicted molar refractivity (Wildman–Crippen MR) is 83.4 cm³/mol. The number of nitrogens with one attached hydrogen (secondary N) is 1. The van der Waals surface area contributed by atoms with Gasteiger partial charge in [-0.15, -0.1) is 0 Å². The van der Waals surface area contributed by atoms with Crippen LogP contribution in [-0.2, 0) is 0 Å². The van der Waals surface area contributed by atoms with Crippen LogP contribution in [0.3, 0.4) is 0 Å². The van der Waals surface area contributed by atoms with Gasteiger partial charge < -0.3 is 5.32 Å². The van der Waals surface area contributed by atoms with E-state index in [1.54, 1.807) is 0 Å². The molecule has 2 unspecified atom stereocenters. The van der Waals surface area contributed by atoms with Crippen LogP contribution in [0.1, 0.15) is 59.3 Å². The molecule has 2 atom stereocenters. The minimum Gasteiger partial charge on any atom is -0.308 e. The van der Waals surface area contributed by atoms with E-state index >= 15 is 0 Å². The van der Waals surface area contributed by atoms with Gasteiger partial charge in [0.2, 0.25) is 0 Å². The fraction of sp³-hybridized carbons (Fsp3) is 0.882. The van der Waals surface area contributed by atoms with Crippen LogP contribution < -0.4 is 5.32 Å². The zero-order valence-electron chi connectivity index (χ0n) is 13.2. The summed E-state index contributed by atoms with van der Waals surface area (Å²) in [6, 6.07) is 0.855. The van der Waals surface area contributed by atoms with Crippen molar-refractivity contribution in [1.29, 1.82) is 0 Å². The van der Waals surface area contributed by atoms with Crippen LogP contribution in [0, 0.1) is 5.92 Å². The van der Waals surface area contributed by atoms with Crippen molar-refractivity contribution >= 4 is 0 Å². The van der Waals surface area contributed by atoms with Gasteiger partial charge in [-0.2, -0.15) is 0 Å². The van der Waals surface area contributed by atoms with Gasteiger partial charge in [0.05, 0.1) is 0 Å². The highest BCUT2D eigenvalue weighted by molar-refractivity contribution is 5.03. The third-order valence-corrected chi connectivity index (χ3v) is 4.65.